The van der Waals surface area contributed by atoms with Crippen LogP contribution in [0, 0.1) is 6.92 Å². The van der Waals surface area contributed by atoms with E-state index in [0.29, 0.717) is 17.9 Å². The van der Waals surface area contributed by atoms with Gasteiger partial charge in [-0.15, -0.1) is 0 Å². The first kappa shape index (κ1) is 14.1. The average molecular weight is 272 g/mol. The van der Waals surface area contributed by atoms with Crippen LogP contribution in [0.4, 0.5) is 11.4 Å². The van der Waals surface area contributed by atoms with E-state index in [2.05, 4.69) is 5.10 Å². The standard InChI is InChI=1S/C15H20N4O/c1-4-8-19(13-7-5-6-12(16)10-13)15(20)14-9-11(2)17-18(14)3/h5-7,9-10H,4,8,16H2,1-3H3. The molecule has 0 unspecified atom stereocenters. The molecule has 0 aliphatic heterocycles. The van der Waals surface area contributed by atoms with Crippen molar-refractivity contribution in [2.24, 2.45) is 7.05 Å². The number of nitrogens with zero attached hydrogens (tertiary/aromatic N) is 3. The van der Waals surface area contributed by atoms with Crippen molar-refractivity contribution in [1.82, 2.24) is 9.78 Å². The van der Waals surface area contributed by atoms with Crippen LogP contribution in [0.2, 0.25) is 0 Å². The van der Waals surface area contributed by atoms with Crippen molar-refractivity contribution in [2.75, 3.05) is 17.2 Å². The number of amides is 1. The van der Waals surface area contributed by atoms with Crippen LogP contribution in [0.1, 0.15) is 29.5 Å². The average Bonchev–Trinajstić information content (AvgIpc) is 2.74. The van der Waals surface area contributed by atoms with Crippen molar-refractivity contribution >= 4 is 17.3 Å². The normalized spacial score (nSPS) is 10.6. The van der Waals surface area contributed by atoms with E-state index in [9.17, 15) is 4.79 Å². The summed E-state index contributed by atoms with van der Waals surface area (Å²) < 4.78 is 1.62. The number of hydrogen-bond donors (Lipinski definition) is 1. The lowest BCUT2D eigenvalue weighted by Crippen LogP contribution is -2.33. The molecule has 2 N–H and O–H groups in total. The van der Waals surface area contributed by atoms with Crippen LogP contribution in [0.5, 0.6) is 0 Å². The number of anilines is 2. The molecule has 1 amide bonds. The lowest BCUT2D eigenvalue weighted by Gasteiger charge is -2.22. The Morgan fingerprint density at radius 2 is 2.15 bits per heavy atom. The van der Waals surface area contributed by atoms with Crippen LogP contribution >= 0.6 is 0 Å². The van der Waals surface area contributed by atoms with Crippen LogP contribution in [-0.4, -0.2) is 22.2 Å². The number of benzene rings is 1. The summed E-state index contributed by atoms with van der Waals surface area (Å²) in [5, 5.41) is 4.23. The summed E-state index contributed by atoms with van der Waals surface area (Å²) in [6, 6.07) is 9.18. The van der Waals surface area contributed by atoms with Crippen molar-refractivity contribution in [3.8, 4) is 0 Å². The van der Waals surface area contributed by atoms with Crippen LogP contribution in [0.3, 0.4) is 0 Å². The fraction of sp³-hybridized carbons (Fsp3) is 0.333. The summed E-state index contributed by atoms with van der Waals surface area (Å²) >= 11 is 0. The maximum absolute atomic E-state index is 12.7. The SMILES string of the molecule is CCCN(C(=O)c1cc(C)nn1C)c1cccc(N)c1. The maximum Gasteiger partial charge on any atom is 0.276 e. The van der Waals surface area contributed by atoms with Crippen LogP contribution in [0.25, 0.3) is 0 Å². The topological polar surface area (TPSA) is 64.2 Å². The fourth-order valence-corrected chi connectivity index (χ4v) is 2.21. The highest BCUT2D eigenvalue weighted by atomic mass is 16.2. The largest absolute Gasteiger partial charge is 0.399 e. The van der Waals surface area contributed by atoms with Crippen molar-refractivity contribution in [3.05, 3.63) is 41.7 Å². The number of nitrogen functional groups attached to an aromatic ring is 1. The second kappa shape index (κ2) is 5.77. The molecule has 0 fully saturated rings. The van der Waals surface area contributed by atoms with E-state index in [-0.39, 0.29) is 5.91 Å². The second-order valence-corrected chi connectivity index (χ2v) is 4.85. The minimum atomic E-state index is -0.0550. The minimum absolute atomic E-state index is 0.0550. The molecule has 0 spiro atoms. The van der Waals surface area contributed by atoms with Crippen molar-refractivity contribution in [3.63, 3.8) is 0 Å². The molecule has 0 saturated heterocycles. The van der Waals surface area contributed by atoms with Gasteiger partial charge in [-0.25, -0.2) is 0 Å². The van der Waals surface area contributed by atoms with Crippen molar-refractivity contribution < 1.29 is 4.79 Å². The van der Waals surface area contributed by atoms with Gasteiger partial charge in [0, 0.05) is 25.0 Å². The molecule has 2 aromatic rings. The molecule has 5 nitrogen and oxygen atoms in total. The highest BCUT2D eigenvalue weighted by Crippen LogP contribution is 2.20. The number of rotatable bonds is 4. The fourth-order valence-electron chi connectivity index (χ4n) is 2.21. The van der Waals surface area contributed by atoms with Crippen LogP contribution in [0.15, 0.2) is 30.3 Å². The Labute approximate surface area is 119 Å². The smallest absolute Gasteiger partial charge is 0.276 e. The molecule has 1 aromatic carbocycles. The molecule has 0 aliphatic rings. The van der Waals surface area contributed by atoms with Gasteiger partial charge in [-0.1, -0.05) is 13.0 Å². The predicted octanol–water partition coefficient (Wildman–Crippen LogP) is 2.37. The molecule has 0 aliphatic carbocycles. The summed E-state index contributed by atoms with van der Waals surface area (Å²) in [7, 11) is 1.78. The molecule has 0 saturated carbocycles. The molecule has 0 atom stereocenters. The Morgan fingerprint density at radius 3 is 2.70 bits per heavy atom. The third kappa shape index (κ3) is 2.82. The Kier molecular flexibility index (Phi) is 4.08. The first-order valence-corrected chi connectivity index (χ1v) is 6.71. The number of carbonyl (C=O) groups is 1. The molecular formula is C15H20N4O. The van der Waals surface area contributed by atoms with Crippen LogP contribution in [-0.2, 0) is 7.05 Å². The molecular weight excluding hydrogens is 252 g/mol. The maximum atomic E-state index is 12.7. The van der Waals surface area contributed by atoms with E-state index >= 15 is 0 Å². The highest BCUT2D eigenvalue weighted by molar-refractivity contribution is 6.05. The highest BCUT2D eigenvalue weighted by Gasteiger charge is 2.20. The number of aryl methyl sites for hydroxylation is 2. The van der Waals surface area contributed by atoms with Gasteiger partial charge in [0.2, 0.25) is 0 Å². The molecule has 1 heterocycles. The summed E-state index contributed by atoms with van der Waals surface area (Å²) in [4.78, 5) is 14.4. The van der Waals surface area contributed by atoms with E-state index in [0.717, 1.165) is 17.8 Å². The summed E-state index contributed by atoms with van der Waals surface area (Å²) in [6.45, 7) is 4.56. The first-order chi connectivity index (χ1) is 9.52. The van der Waals surface area contributed by atoms with Gasteiger partial charge in [0.05, 0.1) is 5.69 Å². The third-order valence-corrected chi connectivity index (χ3v) is 3.10. The van der Waals surface area contributed by atoms with Gasteiger partial charge >= 0.3 is 0 Å². The minimum Gasteiger partial charge on any atom is -0.399 e. The second-order valence-electron chi connectivity index (χ2n) is 4.85. The number of carbonyl (C=O) groups excluding carboxylic acids is 1. The summed E-state index contributed by atoms with van der Waals surface area (Å²) in [5.41, 5.74) is 8.69. The quantitative estimate of drug-likeness (QED) is 0.869. The van der Waals surface area contributed by atoms with Gasteiger partial charge in [-0.2, -0.15) is 5.10 Å². The van der Waals surface area contributed by atoms with Crippen molar-refractivity contribution in [1.29, 1.82) is 0 Å². The molecule has 1 aromatic heterocycles. The van der Waals surface area contributed by atoms with Gasteiger partial charge in [-0.05, 0) is 37.6 Å². The van der Waals surface area contributed by atoms with E-state index in [1.165, 1.54) is 0 Å². The Bertz CT molecular complexity index is 618. The number of hydrogen-bond acceptors (Lipinski definition) is 3. The molecule has 20 heavy (non-hydrogen) atoms. The van der Waals surface area contributed by atoms with Gasteiger partial charge in [0.25, 0.3) is 5.91 Å². The zero-order valence-corrected chi connectivity index (χ0v) is 12.1. The predicted molar refractivity (Wildman–Crippen MR) is 80.8 cm³/mol. The lowest BCUT2D eigenvalue weighted by atomic mass is 10.2. The van der Waals surface area contributed by atoms with Gasteiger partial charge in [0.15, 0.2) is 0 Å². The molecule has 2 rings (SSSR count). The monoisotopic (exact) mass is 272 g/mol. The van der Waals surface area contributed by atoms with E-state index < -0.39 is 0 Å². The van der Waals surface area contributed by atoms with Crippen molar-refractivity contribution in [2.45, 2.75) is 20.3 Å². The zero-order chi connectivity index (χ0) is 14.7. The van der Waals surface area contributed by atoms with Gasteiger partial charge < -0.3 is 10.6 Å². The summed E-state index contributed by atoms with van der Waals surface area (Å²) in [6.07, 6.45) is 0.872. The summed E-state index contributed by atoms with van der Waals surface area (Å²) in [5.74, 6) is -0.0550. The molecule has 0 radical (unpaired) electrons. The number of nitrogens with two attached hydrogens (primary N) is 1. The Morgan fingerprint density at radius 1 is 1.40 bits per heavy atom. The third-order valence-electron chi connectivity index (χ3n) is 3.10. The van der Waals surface area contributed by atoms with Gasteiger partial charge in [0.1, 0.15) is 5.69 Å². The Balaban J connectivity index is 2.38. The molecule has 0 bridgehead atoms. The van der Waals surface area contributed by atoms with E-state index in [1.807, 2.05) is 38.1 Å². The van der Waals surface area contributed by atoms with Gasteiger partial charge in [-0.3, -0.25) is 9.48 Å². The molecule has 106 valence electrons. The lowest BCUT2D eigenvalue weighted by molar-refractivity contribution is 0.0978. The molecule has 5 heteroatoms. The van der Waals surface area contributed by atoms with E-state index in [4.69, 9.17) is 5.73 Å². The van der Waals surface area contributed by atoms with E-state index in [1.54, 1.807) is 22.7 Å². The van der Waals surface area contributed by atoms with Crippen LogP contribution < -0.4 is 10.6 Å². The number of aromatic nitrogens is 2. The first-order valence-electron chi connectivity index (χ1n) is 6.71. The Hall–Kier alpha value is -2.30. The zero-order valence-electron chi connectivity index (χ0n) is 12.1.